The molecule has 2 amide bonds. The molecule has 5 heteroatoms. The molecule has 4 nitrogen and oxygen atoms in total. The number of hydrogen-bond acceptors (Lipinski definition) is 2. The summed E-state index contributed by atoms with van der Waals surface area (Å²) in [6.45, 7) is 12.9. The predicted molar refractivity (Wildman–Crippen MR) is 103 cm³/mol. The van der Waals surface area contributed by atoms with Crippen LogP contribution in [0.25, 0.3) is 0 Å². The van der Waals surface area contributed by atoms with Gasteiger partial charge in [0.15, 0.2) is 0 Å². The zero-order valence-electron chi connectivity index (χ0n) is 16.1. The number of carbonyl (C=O) groups is 2. The van der Waals surface area contributed by atoms with Gasteiger partial charge in [0.05, 0.1) is 5.92 Å². The van der Waals surface area contributed by atoms with E-state index < -0.39 is 0 Å². The molecule has 2 rings (SSSR count). The SMILES string of the molecule is Cc1ccc(N2C[C@H](C(=O)NC(C)(C)CC(C)(C)C)CC2=O)cc1Cl. The zero-order chi connectivity index (χ0) is 19.0. The number of halogens is 1. The smallest absolute Gasteiger partial charge is 0.227 e. The fourth-order valence-electron chi connectivity index (χ4n) is 3.69. The van der Waals surface area contributed by atoms with E-state index in [0.29, 0.717) is 11.6 Å². The minimum Gasteiger partial charge on any atom is -0.351 e. The Labute approximate surface area is 155 Å². The Bertz CT molecular complexity index is 677. The second kappa shape index (κ2) is 6.99. The van der Waals surface area contributed by atoms with Crippen LogP contribution in [0.15, 0.2) is 18.2 Å². The number of amides is 2. The number of hydrogen-bond donors (Lipinski definition) is 1. The molecule has 0 aromatic heterocycles. The van der Waals surface area contributed by atoms with E-state index >= 15 is 0 Å². The van der Waals surface area contributed by atoms with E-state index in [1.807, 2.05) is 32.9 Å². The molecule has 0 spiro atoms. The van der Waals surface area contributed by atoms with Crippen LogP contribution in [0.5, 0.6) is 0 Å². The number of carbonyl (C=O) groups excluding carboxylic acids is 2. The summed E-state index contributed by atoms with van der Waals surface area (Å²) in [5.41, 5.74) is 1.53. The number of rotatable bonds is 4. The molecule has 0 aliphatic carbocycles. The molecule has 0 bridgehead atoms. The highest BCUT2D eigenvalue weighted by atomic mass is 35.5. The molecule has 1 fully saturated rings. The summed E-state index contributed by atoms with van der Waals surface area (Å²) >= 11 is 6.17. The van der Waals surface area contributed by atoms with Crippen molar-refractivity contribution in [2.45, 2.75) is 59.9 Å². The van der Waals surface area contributed by atoms with Crippen molar-refractivity contribution in [1.29, 1.82) is 0 Å². The third-order valence-electron chi connectivity index (χ3n) is 4.40. The highest BCUT2D eigenvalue weighted by Crippen LogP contribution is 2.30. The van der Waals surface area contributed by atoms with Crippen molar-refractivity contribution < 1.29 is 9.59 Å². The van der Waals surface area contributed by atoms with Gasteiger partial charge in [-0.1, -0.05) is 38.4 Å². The molecule has 1 atom stereocenters. The topological polar surface area (TPSA) is 49.4 Å². The first kappa shape index (κ1) is 19.8. The van der Waals surface area contributed by atoms with E-state index in [4.69, 9.17) is 11.6 Å². The van der Waals surface area contributed by atoms with Gasteiger partial charge in [-0.25, -0.2) is 0 Å². The summed E-state index contributed by atoms with van der Waals surface area (Å²) in [7, 11) is 0. The van der Waals surface area contributed by atoms with Crippen molar-refractivity contribution in [1.82, 2.24) is 5.32 Å². The standard InChI is InChI=1S/C20H29ClN2O2/c1-13-7-8-15(10-16(13)21)23-11-14(9-17(23)24)18(25)22-20(5,6)12-19(2,3)4/h7-8,10,14H,9,11-12H2,1-6H3,(H,22,25)/t14-/m1/s1. The van der Waals surface area contributed by atoms with E-state index in [1.165, 1.54) is 0 Å². The second-order valence-corrected chi connectivity index (χ2v) is 9.36. The highest BCUT2D eigenvalue weighted by Gasteiger charge is 2.37. The lowest BCUT2D eigenvalue weighted by molar-refractivity contribution is -0.128. The van der Waals surface area contributed by atoms with Crippen molar-refractivity contribution >= 4 is 29.1 Å². The molecule has 1 aromatic carbocycles. The van der Waals surface area contributed by atoms with Gasteiger partial charge in [0, 0.05) is 29.2 Å². The molecule has 1 heterocycles. The van der Waals surface area contributed by atoms with Crippen LogP contribution in [-0.4, -0.2) is 23.9 Å². The van der Waals surface area contributed by atoms with Crippen LogP contribution < -0.4 is 10.2 Å². The Morgan fingerprint density at radius 2 is 1.92 bits per heavy atom. The summed E-state index contributed by atoms with van der Waals surface area (Å²) in [5.74, 6) is -0.413. The van der Waals surface area contributed by atoms with Gasteiger partial charge >= 0.3 is 0 Å². The Hall–Kier alpha value is -1.55. The minimum atomic E-state index is -0.327. The maximum absolute atomic E-state index is 12.7. The van der Waals surface area contributed by atoms with Gasteiger partial charge in [-0.05, 0) is 50.3 Å². The Morgan fingerprint density at radius 3 is 2.48 bits per heavy atom. The third kappa shape index (κ3) is 5.21. The fraction of sp³-hybridized carbons (Fsp3) is 0.600. The first-order valence-corrected chi connectivity index (χ1v) is 9.14. The van der Waals surface area contributed by atoms with Crippen molar-refractivity contribution in [2.24, 2.45) is 11.3 Å². The molecular weight excluding hydrogens is 336 g/mol. The van der Waals surface area contributed by atoms with Crippen molar-refractivity contribution in [2.75, 3.05) is 11.4 Å². The molecule has 25 heavy (non-hydrogen) atoms. The highest BCUT2D eigenvalue weighted by molar-refractivity contribution is 6.31. The maximum Gasteiger partial charge on any atom is 0.227 e. The number of nitrogens with one attached hydrogen (secondary N) is 1. The maximum atomic E-state index is 12.7. The average molecular weight is 365 g/mol. The first-order valence-electron chi connectivity index (χ1n) is 8.76. The van der Waals surface area contributed by atoms with E-state index in [1.54, 1.807) is 11.0 Å². The van der Waals surface area contributed by atoms with Crippen LogP contribution in [0.4, 0.5) is 5.69 Å². The van der Waals surface area contributed by atoms with Gasteiger partial charge in [-0.3, -0.25) is 9.59 Å². The van der Waals surface area contributed by atoms with Crippen LogP contribution in [-0.2, 0) is 9.59 Å². The lowest BCUT2D eigenvalue weighted by Crippen LogP contribution is -2.48. The number of aryl methyl sites for hydroxylation is 1. The number of nitrogens with zero attached hydrogens (tertiary/aromatic N) is 1. The van der Waals surface area contributed by atoms with Crippen LogP contribution in [0.1, 0.15) is 53.0 Å². The Balaban J connectivity index is 2.06. The summed E-state index contributed by atoms with van der Waals surface area (Å²) in [6.07, 6.45) is 1.10. The van der Waals surface area contributed by atoms with E-state index in [2.05, 4.69) is 26.1 Å². The quantitative estimate of drug-likeness (QED) is 0.864. The van der Waals surface area contributed by atoms with Crippen LogP contribution in [0, 0.1) is 18.3 Å². The third-order valence-corrected chi connectivity index (χ3v) is 4.80. The van der Waals surface area contributed by atoms with Gasteiger partial charge in [0.1, 0.15) is 0 Å². The largest absolute Gasteiger partial charge is 0.351 e. The molecule has 1 aliphatic rings. The second-order valence-electron chi connectivity index (χ2n) is 8.95. The Kier molecular flexibility index (Phi) is 5.53. The van der Waals surface area contributed by atoms with Crippen LogP contribution >= 0.6 is 11.6 Å². The number of anilines is 1. The minimum absolute atomic E-state index is 0.0336. The molecular formula is C20H29ClN2O2. The van der Waals surface area contributed by atoms with Crippen molar-refractivity contribution in [3.8, 4) is 0 Å². The molecule has 1 aromatic rings. The van der Waals surface area contributed by atoms with Crippen molar-refractivity contribution in [3.63, 3.8) is 0 Å². The van der Waals surface area contributed by atoms with Crippen molar-refractivity contribution in [3.05, 3.63) is 28.8 Å². The summed E-state index contributed by atoms with van der Waals surface area (Å²) < 4.78 is 0. The molecule has 1 saturated heterocycles. The lowest BCUT2D eigenvalue weighted by atomic mass is 9.81. The molecule has 138 valence electrons. The Morgan fingerprint density at radius 1 is 1.28 bits per heavy atom. The monoisotopic (exact) mass is 364 g/mol. The van der Waals surface area contributed by atoms with Gasteiger partial charge in [0.25, 0.3) is 0 Å². The summed E-state index contributed by atoms with van der Waals surface area (Å²) in [5, 5.41) is 3.75. The van der Waals surface area contributed by atoms with E-state index in [9.17, 15) is 9.59 Å². The van der Waals surface area contributed by atoms with Gasteiger partial charge in [-0.15, -0.1) is 0 Å². The molecule has 0 radical (unpaired) electrons. The normalized spacial score (nSPS) is 18.6. The predicted octanol–water partition coefficient (Wildman–Crippen LogP) is 4.33. The molecule has 0 unspecified atom stereocenters. The zero-order valence-corrected chi connectivity index (χ0v) is 16.8. The summed E-state index contributed by atoms with van der Waals surface area (Å²) in [4.78, 5) is 26.7. The molecule has 1 aliphatic heterocycles. The average Bonchev–Trinajstić information content (AvgIpc) is 2.81. The van der Waals surface area contributed by atoms with Crippen LogP contribution in [0.2, 0.25) is 5.02 Å². The fourth-order valence-corrected chi connectivity index (χ4v) is 3.86. The lowest BCUT2D eigenvalue weighted by Gasteiger charge is -2.34. The first-order chi connectivity index (χ1) is 11.4. The number of benzene rings is 1. The van der Waals surface area contributed by atoms with Gasteiger partial charge < -0.3 is 10.2 Å². The van der Waals surface area contributed by atoms with Gasteiger partial charge in [0.2, 0.25) is 11.8 Å². The van der Waals surface area contributed by atoms with Crippen LogP contribution in [0.3, 0.4) is 0 Å². The molecule has 1 N–H and O–H groups in total. The van der Waals surface area contributed by atoms with E-state index in [-0.39, 0.29) is 35.1 Å². The van der Waals surface area contributed by atoms with Gasteiger partial charge in [-0.2, -0.15) is 0 Å². The summed E-state index contributed by atoms with van der Waals surface area (Å²) in [6, 6.07) is 5.56. The van der Waals surface area contributed by atoms with E-state index in [0.717, 1.165) is 17.7 Å². The molecule has 0 saturated carbocycles.